The summed E-state index contributed by atoms with van der Waals surface area (Å²) in [6.07, 6.45) is 0. The predicted octanol–water partition coefficient (Wildman–Crippen LogP) is 2.50. The Hall–Kier alpha value is -1.89. The van der Waals surface area contributed by atoms with E-state index in [0.717, 1.165) is 17.8 Å². The van der Waals surface area contributed by atoms with Gasteiger partial charge in [-0.25, -0.2) is 4.39 Å². The van der Waals surface area contributed by atoms with Crippen LogP contribution in [0.15, 0.2) is 27.8 Å². The SMILES string of the molecule is COc1ccc(F)cc1C(=O)CSc1nnc(C)o1. The molecule has 7 heteroatoms. The van der Waals surface area contributed by atoms with Crippen molar-refractivity contribution >= 4 is 17.5 Å². The van der Waals surface area contributed by atoms with Crippen molar-refractivity contribution in [3.8, 4) is 5.75 Å². The molecule has 0 aliphatic rings. The summed E-state index contributed by atoms with van der Waals surface area (Å²) in [5, 5.41) is 7.72. The number of nitrogens with zero attached hydrogens (tertiary/aromatic N) is 2. The van der Waals surface area contributed by atoms with Gasteiger partial charge in [-0.15, -0.1) is 10.2 Å². The van der Waals surface area contributed by atoms with Crippen molar-refractivity contribution in [3.05, 3.63) is 35.5 Å². The smallest absolute Gasteiger partial charge is 0.277 e. The normalized spacial score (nSPS) is 10.5. The average Bonchev–Trinajstić information content (AvgIpc) is 2.81. The van der Waals surface area contributed by atoms with E-state index in [1.807, 2.05) is 0 Å². The molecule has 5 nitrogen and oxygen atoms in total. The fraction of sp³-hybridized carbons (Fsp3) is 0.250. The molecule has 1 aromatic carbocycles. The number of benzene rings is 1. The zero-order chi connectivity index (χ0) is 13.8. The first-order valence-electron chi connectivity index (χ1n) is 5.40. The molecule has 2 rings (SSSR count). The number of hydrogen-bond acceptors (Lipinski definition) is 6. The van der Waals surface area contributed by atoms with Crippen LogP contribution in [0.2, 0.25) is 0 Å². The third kappa shape index (κ3) is 3.31. The van der Waals surface area contributed by atoms with Gasteiger partial charge in [-0.1, -0.05) is 11.8 Å². The molecule has 100 valence electrons. The van der Waals surface area contributed by atoms with E-state index in [2.05, 4.69) is 10.2 Å². The van der Waals surface area contributed by atoms with Gasteiger partial charge in [0.1, 0.15) is 11.6 Å². The molecule has 0 aliphatic heterocycles. The van der Waals surface area contributed by atoms with Gasteiger partial charge in [0.2, 0.25) is 5.89 Å². The van der Waals surface area contributed by atoms with Crippen LogP contribution in [0.25, 0.3) is 0 Å². The van der Waals surface area contributed by atoms with Crippen LogP contribution >= 0.6 is 11.8 Å². The van der Waals surface area contributed by atoms with Gasteiger partial charge < -0.3 is 9.15 Å². The first kappa shape index (κ1) is 13.5. The summed E-state index contributed by atoms with van der Waals surface area (Å²) in [5.41, 5.74) is 0.200. The standard InChI is InChI=1S/C12H11FN2O3S/c1-7-14-15-12(18-7)19-6-10(16)9-5-8(13)3-4-11(9)17-2/h3-5H,6H2,1-2H3. The minimum absolute atomic E-state index is 0.0709. The van der Waals surface area contributed by atoms with E-state index < -0.39 is 5.82 Å². The van der Waals surface area contributed by atoms with Gasteiger partial charge in [0, 0.05) is 6.92 Å². The number of ketones is 1. The molecule has 0 radical (unpaired) electrons. The van der Waals surface area contributed by atoms with Crippen LogP contribution in [0.4, 0.5) is 4.39 Å². The van der Waals surface area contributed by atoms with Gasteiger partial charge in [-0.3, -0.25) is 4.79 Å². The molecule has 0 aliphatic carbocycles. The van der Waals surface area contributed by atoms with Crippen LogP contribution in [0.5, 0.6) is 5.75 Å². The molecule has 19 heavy (non-hydrogen) atoms. The second kappa shape index (κ2) is 5.83. The highest BCUT2D eigenvalue weighted by atomic mass is 32.2. The summed E-state index contributed by atoms with van der Waals surface area (Å²) in [4.78, 5) is 12.0. The second-order valence-electron chi connectivity index (χ2n) is 3.64. The number of hydrogen-bond donors (Lipinski definition) is 0. The van der Waals surface area contributed by atoms with Crippen LogP contribution in [0.3, 0.4) is 0 Å². The highest BCUT2D eigenvalue weighted by Gasteiger charge is 2.15. The molecule has 0 N–H and O–H groups in total. The molecule has 0 saturated heterocycles. The Morgan fingerprint density at radius 3 is 2.89 bits per heavy atom. The third-order valence-electron chi connectivity index (χ3n) is 2.30. The molecule has 0 saturated carbocycles. The number of thioether (sulfide) groups is 1. The van der Waals surface area contributed by atoms with Crippen LogP contribution in [0.1, 0.15) is 16.2 Å². The van der Waals surface area contributed by atoms with Gasteiger partial charge in [0.05, 0.1) is 18.4 Å². The van der Waals surface area contributed by atoms with Gasteiger partial charge in [-0.2, -0.15) is 0 Å². The van der Waals surface area contributed by atoms with E-state index in [9.17, 15) is 9.18 Å². The summed E-state index contributed by atoms with van der Waals surface area (Å²) >= 11 is 1.10. The Kier molecular flexibility index (Phi) is 4.16. The van der Waals surface area contributed by atoms with E-state index >= 15 is 0 Å². The number of ether oxygens (including phenoxy) is 1. The molecule has 1 aromatic heterocycles. The first-order valence-corrected chi connectivity index (χ1v) is 6.38. The van der Waals surface area contributed by atoms with Crippen molar-refractivity contribution in [2.24, 2.45) is 0 Å². The monoisotopic (exact) mass is 282 g/mol. The van der Waals surface area contributed by atoms with Gasteiger partial charge in [0.25, 0.3) is 5.22 Å². The van der Waals surface area contributed by atoms with Crippen LogP contribution < -0.4 is 4.74 Å². The van der Waals surface area contributed by atoms with Crippen LogP contribution in [-0.2, 0) is 0 Å². The van der Waals surface area contributed by atoms with Crippen molar-refractivity contribution in [1.82, 2.24) is 10.2 Å². The van der Waals surface area contributed by atoms with Gasteiger partial charge in [-0.05, 0) is 18.2 Å². The number of aryl methyl sites for hydroxylation is 1. The molecular weight excluding hydrogens is 271 g/mol. The summed E-state index contributed by atoms with van der Waals surface area (Å²) in [6.45, 7) is 1.66. The molecule has 1 heterocycles. The lowest BCUT2D eigenvalue weighted by atomic mass is 10.1. The number of carbonyl (C=O) groups excluding carboxylic acids is 1. The predicted molar refractivity (Wildman–Crippen MR) is 67.0 cm³/mol. The van der Waals surface area contributed by atoms with E-state index in [-0.39, 0.29) is 17.1 Å². The second-order valence-corrected chi connectivity index (χ2v) is 4.57. The van der Waals surface area contributed by atoms with E-state index in [1.54, 1.807) is 6.92 Å². The van der Waals surface area contributed by atoms with Crippen LogP contribution in [0, 0.1) is 12.7 Å². The maximum Gasteiger partial charge on any atom is 0.277 e. The summed E-state index contributed by atoms with van der Waals surface area (Å²) < 4.78 is 23.3. The van der Waals surface area contributed by atoms with E-state index in [4.69, 9.17) is 9.15 Å². The Morgan fingerprint density at radius 1 is 1.47 bits per heavy atom. The molecule has 0 unspecified atom stereocenters. The van der Waals surface area contributed by atoms with Crippen molar-refractivity contribution in [2.45, 2.75) is 12.1 Å². The van der Waals surface area contributed by atoms with Gasteiger partial charge >= 0.3 is 0 Å². The minimum atomic E-state index is -0.484. The molecular formula is C12H11FN2O3S. The number of Topliss-reactive ketones (excluding diaryl/α,β-unsaturated/α-hetero) is 1. The highest BCUT2D eigenvalue weighted by molar-refractivity contribution is 7.99. The first-order chi connectivity index (χ1) is 9.10. The number of carbonyl (C=O) groups is 1. The number of methoxy groups -OCH3 is 1. The molecule has 0 amide bonds. The van der Waals surface area contributed by atoms with E-state index in [1.165, 1.54) is 19.2 Å². The van der Waals surface area contributed by atoms with Crippen molar-refractivity contribution in [1.29, 1.82) is 0 Å². The fourth-order valence-corrected chi connectivity index (χ4v) is 2.13. The Bertz CT molecular complexity index is 600. The maximum absolute atomic E-state index is 13.2. The Labute approximate surface area is 113 Å². The molecule has 0 spiro atoms. The summed E-state index contributed by atoms with van der Waals surface area (Å²) in [7, 11) is 1.43. The quantitative estimate of drug-likeness (QED) is 0.620. The van der Waals surface area contributed by atoms with Crippen molar-refractivity contribution < 1.29 is 18.3 Å². The summed E-state index contributed by atoms with van der Waals surface area (Å²) in [6, 6.07) is 3.81. The zero-order valence-electron chi connectivity index (χ0n) is 10.3. The topological polar surface area (TPSA) is 65.2 Å². The largest absolute Gasteiger partial charge is 0.496 e. The lowest BCUT2D eigenvalue weighted by Crippen LogP contribution is -2.05. The lowest BCUT2D eigenvalue weighted by molar-refractivity contribution is 0.101. The average molecular weight is 282 g/mol. The maximum atomic E-state index is 13.2. The zero-order valence-corrected chi connectivity index (χ0v) is 11.2. The third-order valence-corrected chi connectivity index (χ3v) is 3.11. The molecule has 2 aromatic rings. The lowest BCUT2D eigenvalue weighted by Gasteiger charge is -2.06. The number of rotatable bonds is 5. The molecule has 0 fully saturated rings. The Morgan fingerprint density at radius 2 is 2.26 bits per heavy atom. The molecule has 0 bridgehead atoms. The van der Waals surface area contributed by atoms with Gasteiger partial charge in [0.15, 0.2) is 5.78 Å². The van der Waals surface area contributed by atoms with Crippen molar-refractivity contribution in [2.75, 3.05) is 12.9 Å². The summed E-state index contributed by atoms with van der Waals surface area (Å²) in [5.74, 6) is 0.0912. The number of halogens is 1. The number of aromatic nitrogens is 2. The highest BCUT2D eigenvalue weighted by Crippen LogP contribution is 2.23. The van der Waals surface area contributed by atoms with Crippen molar-refractivity contribution in [3.63, 3.8) is 0 Å². The van der Waals surface area contributed by atoms with Crippen LogP contribution in [-0.4, -0.2) is 28.8 Å². The van der Waals surface area contributed by atoms with E-state index in [0.29, 0.717) is 16.9 Å². The fourth-order valence-electron chi connectivity index (χ4n) is 1.44. The molecule has 0 atom stereocenters. The Balaban J connectivity index is 2.09. The minimum Gasteiger partial charge on any atom is -0.496 e.